The molecule has 10 nitrogen and oxygen atoms in total. The molecule has 0 fully saturated rings. The van der Waals surface area contributed by atoms with Crippen LogP contribution in [0.3, 0.4) is 0 Å². The average molecular weight is 711 g/mol. The molecule has 0 bridgehead atoms. The SMILES string of the molecule is CCOC(=O)CCc1nn(CC(=O)N(CCN(CC)CC)Cc2ccc(-c3ccc(C(F)(F)F)cc3)cc2)c(SCc2cccnc2)nc1=O. The predicted octanol–water partition coefficient (Wildman–Crippen LogP) is 5.88. The van der Waals surface area contributed by atoms with Gasteiger partial charge in [0.05, 0.1) is 18.6 Å². The molecule has 2 heterocycles. The van der Waals surface area contributed by atoms with Gasteiger partial charge >= 0.3 is 12.1 Å². The molecule has 0 radical (unpaired) electrons. The Morgan fingerprint density at radius 3 is 2.20 bits per heavy atom. The zero-order valence-corrected chi connectivity index (χ0v) is 29.2. The number of hydrogen-bond donors (Lipinski definition) is 0. The Balaban J connectivity index is 1.58. The van der Waals surface area contributed by atoms with Gasteiger partial charge in [-0.15, -0.1) is 0 Å². The Hall–Kier alpha value is -4.56. The van der Waals surface area contributed by atoms with E-state index in [1.165, 1.54) is 28.6 Å². The molecule has 0 aliphatic heterocycles. The molecule has 2 aromatic heterocycles. The van der Waals surface area contributed by atoms with E-state index in [0.717, 1.165) is 41.9 Å². The van der Waals surface area contributed by atoms with Crippen molar-refractivity contribution in [2.45, 2.75) is 63.8 Å². The number of ether oxygens (including phenoxy) is 1. The standard InChI is InChI=1S/C36H41F3N6O4S/c1-4-43(5-2)20-21-44(23-26-9-11-28(12-10-26)29-13-15-30(16-14-29)36(37,38)39)32(46)24-45-35(50-25-27-8-7-19-40-22-27)41-34(48)31(42-45)17-18-33(47)49-6-3/h7-16,19,22H,4-6,17-18,20-21,23-25H2,1-3H3. The Kier molecular flexibility index (Phi) is 14.1. The maximum atomic E-state index is 14.0. The quantitative estimate of drug-likeness (QED) is 0.0981. The molecular weight excluding hydrogens is 669 g/mol. The number of nitrogens with zero attached hydrogens (tertiary/aromatic N) is 6. The number of pyridine rings is 1. The summed E-state index contributed by atoms with van der Waals surface area (Å²) in [6, 6.07) is 16.0. The van der Waals surface area contributed by atoms with E-state index in [4.69, 9.17) is 4.74 Å². The lowest BCUT2D eigenvalue weighted by Crippen LogP contribution is -2.40. The third-order valence-corrected chi connectivity index (χ3v) is 9.00. The molecule has 0 N–H and O–H groups in total. The number of benzene rings is 2. The smallest absolute Gasteiger partial charge is 0.416 e. The first-order chi connectivity index (χ1) is 24.0. The molecule has 0 aliphatic rings. The number of alkyl halides is 3. The second-order valence-corrected chi connectivity index (χ2v) is 12.3. The summed E-state index contributed by atoms with van der Waals surface area (Å²) in [5, 5.41) is 4.77. The van der Waals surface area contributed by atoms with Gasteiger partial charge < -0.3 is 14.5 Å². The summed E-state index contributed by atoms with van der Waals surface area (Å²) < 4.78 is 45.5. The highest BCUT2D eigenvalue weighted by Crippen LogP contribution is 2.31. The monoisotopic (exact) mass is 710 g/mol. The normalized spacial score (nSPS) is 11.5. The van der Waals surface area contributed by atoms with Gasteiger partial charge in [0.15, 0.2) is 5.16 Å². The fourth-order valence-electron chi connectivity index (χ4n) is 5.09. The maximum absolute atomic E-state index is 14.0. The zero-order chi connectivity index (χ0) is 36.1. The van der Waals surface area contributed by atoms with E-state index in [1.807, 2.05) is 30.3 Å². The summed E-state index contributed by atoms with van der Waals surface area (Å²) in [4.78, 5) is 51.3. The van der Waals surface area contributed by atoms with Gasteiger partial charge in [-0.1, -0.05) is 68.1 Å². The minimum absolute atomic E-state index is 0.0172. The number of thioether (sulfide) groups is 1. The summed E-state index contributed by atoms with van der Waals surface area (Å²) in [7, 11) is 0. The second-order valence-electron chi connectivity index (χ2n) is 11.4. The molecule has 2 aromatic carbocycles. The van der Waals surface area contributed by atoms with Crippen molar-refractivity contribution in [3.63, 3.8) is 0 Å². The Morgan fingerprint density at radius 1 is 0.920 bits per heavy atom. The van der Waals surface area contributed by atoms with Crippen LogP contribution in [-0.4, -0.2) is 74.2 Å². The highest BCUT2D eigenvalue weighted by molar-refractivity contribution is 7.98. The minimum Gasteiger partial charge on any atom is -0.466 e. The summed E-state index contributed by atoms with van der Waals surface area (Å²) >= 11 is 1.26. The second kappa shape index (κ2) is 18.4. The molecule has 266 valence electrons. The molecule has 4 aromatic rings. The van der Waals surface area contributed by atoms with E-state index in [2.05, 4.69) is 33.8 Å². The van der Waals surface area contributed by atoms with E-state index >= 15 is 0 Å². The molecule has 14 heteroatoms. The molecule has 0 saturated carbocycles. The number of carbonyl (C=O) groups is 2. The van der Waals surface area contributed by atoms with Gasteiger partial charge in [0, 0.05) is 44.2 Å². The fraction of sp³-hybridized carbons (Fsp3) is 0.389. The van der Waals surface area contributed by atoms with Gasteiger partial charge in [-0.05, 0) is 60.5 Å². The summed E-state index contributed by atoms with van der Waals surface area (Å²) in [6.45, 7) is 8.76. The number of hydrogen-bond acceptors (Lipinski definition) is 9. The van der Waals surface area contributed by atoms with Crippen molar-refractivity contribution in [2.75, 3.05) is 32.8 Å². The number of likely N-dealkylation sites (N-methyl/N-ethyl adjacent to an activating group) is 1. The molecule has 0 unspecified atom stereocenters. The van der Waals surface area contributed by atoms with Crippen molar-refractivity contribution in [3.8, 4) is 11.1 Å². The predicted molar refractivity (Wildman–Crippen MR) is 185 cm³/mol. The lowest BCUT2D eigenvalue weighted by atomic mass is 10.0. The van der Waals surface area contributed by atoms with Crippen LogP contribution < -0.4 is 5.56 Å². The van der Waals surface area contributed by atoms with Gasteiger partial charge in [-0.25, -0.2) is 4.68 Å². The highest BCUT2D eigenvalue weighted by Gasteiger charge is 2.30. The van der Waals surface area contributed by atoms with Gasteiger partial charge in [-0.3, -0.25) is 19.4 Å². The first-order valence-electron chi connectivity index (χ1n) is 16.4. The van der Waals surface area contributed by atoms with Gasteiger partial charge in [0.2, 0.25) is 5.91 Å². The molecular formula is C36H41F3N6O4S. The molecule has 0 atom stereocenters. The van der Waals surface area contributed by atoms with Crippen molar-refractivity contribution in [1.29, 1.82) is 0 Å². The maximum Gasteiger partial charge on any atom is 0.416 e. The molecule has 50 heavy (non-hydrogen) atoms. The number of halogens is 3. The van der Waals surface area contributed by atoms with Crippen LogP contribution in [0.5, 0.6) is 0 Å². The van der Waals surface area contributed by atoms with Gasteiger partial charge in [0.25, 0.3) is 5.56 Å². The summed E-state index contributed by atoms with van der Waals surface area (Å²) in [6.07, 6.45) is -1.07. The lowest BCUT2D eigenvalue weighted by Gasteiger charge is -2.27. The summed E-state index contributed by atoms with van der Waals surface area (Å²) in [5.74, 6) is -0.269. The van der Waals surface area contributed by atoms with Crippen molar-refractivity contribution in [1.82, 2.24) is 29.5 Å². The summed E-state index contributed by atoms with van der Waals surface area (Å²) in [5.41, 5.74) is 1.90. The van der Waals surface area contributed by atoms with Crippen LogP contribution in [0.1, 0.15) is 49.6 Å². The van der Waals surface area contributed by atoms with E-state index < -0.39 is 23.3 Å². The molecule has 0 saturated heterocycles. The van der Waals surface area contributed by atoms with Crippen LogP contribution in [0.4, 0.5) is 13.2 Å². The van der Waals surface area contributed by atoms with Gasteiger partial charge in [-0.2, -0.15) is 23.3 Å². The fourth-order valence-corrected chi connectivity index (χ4v) is 5.96. The number of aryl methyl sites for hydroxylation is 1. The largest absolute Gasteiger partial charge is 0.466 e. The number of rotatable bonds is 17. The van der Waals surface area contributed by atoms with E-state index in [1.54, 1.807) is 30.3 Å². The minimum atomic E-state index is -4.41. The van der Waals surface area contributed by atoms with Crippen LogP contribution in [0, 0.1) is 0 Å². The van der Waals surface area contributed by atoms with E-state index in [0.29, 0.717) is 24.4 Å². The highest BCUT2D eigenvalue weighted by atomic mass is 32.2. The van der Waals surface area contributed by atoms with E-state index in [9.17, 15) is 27.6 Å². The van der Waals surface area contributed by atoms with Crippen LogP contribution in [-0.2, 0) is 45.8 Å². The number of esters is 1. The number of aromatic nitrogens is 4. The molecule has 0 spiro atoms. The average Bonchev–Trinajstić information content (AvgIpc) is 3.11. The van der Waals surface area contributed by atoms with Crippen LogP contribution in [0.2, 0.25) is 0 Å². The Labute approximate surface area is 293 Å². The third-order valence-electron chi connectivity index (χ3n) is 7.96. The van der Waals surface area contributed by atoms with Crippen LogP contribution in [0.15, 0.2) is 83.0 Å². The topological polar surface area (TPSA) is 111 Å². The van der Waals surface area contributed by atoms with Crippen molar-refractivity contribution in [2.24, 2.45) is 0 Å². The van der Waals surface area contributed by atoms with Crippen molar-refractivity contribution < 1.29 is 27.5 Å². The number of amides is 1. The molecule has 0 aliphatic carbocycles. The molecule has 4 rings (SSSR count). The molecule has 1 amide bonds. The first-order valence-corrected chi connectivity index (χ1v) is 17.4. The van der Waals surface area contributed by atoms with Crippen molar-refractivity contribution in [3.05, 3.63) is 106 Å². The van der Waals surface area contributed by atoms with Gasteiger partial charge in [0.1, 0.15) is 12.2 Å². The zero-order valence-electron chi connectivity index (χ0n) is 28.4. The first kappa shape index (κ1) is 38.2. The number of carbonyl (C=O) groups excluding carboxylic acids is 2. The van der Waals surface area contributed by atoms with Crippen molar-refractivity contribution >= 4 is 23.6 Å². The Morgan fingerprint density at radius 2 is 1.60 bits per heavy atom. The Bertz CT molecular complexity index is 1750. The lowest BCUT2D eigenvalue weighted by molar-refractivity contribution is -0.143. The van der Waals surface area contributed by atoms with Crippen LogP contribution >= 0.6 is 11.8 Å². The third kappa shape index (κ3) is 11.2. The van der Waals surface area contributed by atoms with E-state index in [-0.39, 0.29) is 49.3 Å². The van der Waals surface area contributed by atoms with Crippen LogP contribution in [0.25, 0.3) is 11.1 Å².